The van der Waals surface area contributed by atoms with Gasteiger partial charge in [0.1, 0.15) is 5.41 Å². The van der Waals surface area contributed by atoms with E-state index in [4.69, 9.17) is 0 Å². The normalized spacial score (nSPS) is 33.9. The Kier molecular flexibility index (Phi) is 4.63. The first-order chi connectivity index (χ1) is 13.7. The number of para-hydroxylation sites is 1. The van der Waals surface area contributed by atoms with E-state index in [0.29, 0.717) is 25.1 Å². The lowest BCUT2D eigenvalue weighted by molar-refractivity contribution is -0.169. The molecule has 0 aromatic heterocycles. The van der Waals surface area contributed by atoms with Gasteiger partial charge >= 0.3 is 0 Å². The third-order valence-electron chi connectivity index (χ3n) is 8.43. The highest BCUT2D eigenvalue weighted by Crippen LogP contribution is 2.67. The Morgan fingerprint density at radius 3 is 2.38 bits per heavy atom. The van der Waals surface area contributed by atoms with Gasteiger partial charge in [0, 0.05) is 18.0 Å². The minimum Gasteiger partial charge on any atom is -0.339 e. The highest BCUT2D eigenvalue weighted by Gasteiger charge is 2.76. The van der Waals surface area contributed by atoms with Crippen LogP contribution in [0.15, 0.2) is 30.3 Å². The van der Waals surface area contributed by atoms with Gasteiger partial charge in [-0.15, -0.1) is 0 Å². The largest absolute Gasteiger partial charge is 0.339 e. The van der Waals surface area contributed by atoms with Crippen LogP contribution in [-0.2, 0) is 14.4 Å². The zero-order valence-electron chi connectivity index (χ0n) is 18.0. The summed E-state index contributed by atoms with van der Waals surface area (Å²) in [5, 5.41) is 0. The van der Waals surface area contributed by atoms with E-state index in [-0.39, 0.29) is 23.8 Å². The summed E-state index contributed by atoms with van der Waals surface area (Å²) in [5.41, 5.74) is -2.10. The summed E-state index contributed by atoms with van der Waals surface area (Å²) >= 11 is 0. The van der Waals surface area contributed by atoms with Gasteiger partial charge in [0.25, 0.3) is 0 Å². The van der Waals surface area contributed by atoms with Crippen molar-refractivity contribution < 1.29 is 14.4 Å². The zero-order valence-corrected chi connectivity index (χ0v) is 18.0. The number of piperidine rings is 2. The Balaban J connectivity index is 1.85. The van der Waals surface area contributed by atoms with Gasteiger partial charge < -0.3 is 4.90 Å². The number of hydrogen-bond acceptors (Lipinski definition) is 3. The Hall–Kier alpha value is -2.17. The maximum atomic E-state index is 14.1. The second kappa shape index (κ2) is 6.68. The number of carbonyl (C=O) groups is 3. The van der Waals surface area contributed by atoms with Gasteiger partial charge in [-0.3, -0.25) is 14.4 Å². The smallest absolute Gasteiger partial charge is 0.250 e. The first-order valence-electron chi connectivity index (χ1n) is 11.0. The van der Waals surface area contributed by atoms with Crippen LogP contribution in [-0.4, -0.2) is 35.2 Å². The molecule has 5 nitrogen and oxygen atoms in total. The number of rotatable bonds is 3. The Labute approximate surface area is 173 Å². The van der Waals surface area contributed by atoms with Crippen molar-refractivity contribution in [3.63, 3.8) is 0 Å². The summed E-state index contributed by atoms with van der Waals surface area (Å²) in [5.74, 6) is -0.569. The molecule has 2 bridgehead atoms. The van der Waals surface area contributed by atoms with Crippen LogP contribution in [0.5, 0.6) is 0 Å². The molecule has 29 heavy (non-hydrogen) atoms. The molecule has 0 radical (unpaired) electrons. The van der Waals surface area contributed by atoms with Crippen LogP contribution in [0.4, 0.5) is 5.69 Å². The topological polar surface area (TPSA) is 57.7 Å². The molecule has 3 aliphatic rings. The molecule has 1 saturated carbocycles. The number of hydrogen-bond donors (Lipinski definition) is 0. The molecule has 2 heterocycles. The molecule has 2 saturated heterocycles. The molecule has 1 aromatic rings. The number of nitrogens with zero attached hydrogens (tertiary/aromatic N) is 2. The van der Waals surface area contributed by atoms with Crippen LogP contribution in [0, 0.1) is 16.2 Å². The van der Waals surface area contributed by atoms with Crippen LogP contribution in [0.3, 0.4) is 0 Å². The summed E-state index contributed by atoms with van der Waals surface area (Å²) < 4.78 is 0. The fourth-order valence-electron chi connectivity index (χ4n) is 6.03. The van der Waals surface area contributed by atoms with Crippen molar-refractivity contribution in [2.45, 2.75) is 72.3 Å². The number of amides is 3. The van der Waals surface area contributed by atoms with Gasteiger partial charge in [-0.25, -0.2) is 4.90 Å². The van der Waals surface area contributed by atoms with Crippen LogP contribution in [0.1, 0.15) is 66.2 Å². The quantitative estimate of drug-likeness (QED) is 0.569. The molecule has 1 aliphatic carbocycles. The molecule has 2 aliphatic heterocycles. The highest BCUT2D eigenvalue weighted by molar-refractivity contribution is 6.27. The molecule has 3 fully saturated rings. The number of likely N-dealkylation sites (tertiary alicyclic amines) is 1. The van der Waals surface area contributed by atoms with E-state index in [1.807, 2.05) is 43.9 Å². The zero-order chi connectivity index (χ0) is 21.0. The SMILES string of the molecule is CC[C@@H]1CCCCN1C(=O)[C@@]12CC[C@@](C)(C(=O)N(c3ccccc3)C1=O)C2(C)C. The third-order valence-corrected chi connectivity index (χ3v) is 8.43. The number of anilines is 1. The van der Waals surface area contributed by atoms with Gasteiger partial charge in [0.2, 0.25) is 17.7 Å². The minimum absolute atomic E-state index is 0.0591. The minimum atomic E-state index is -1.18. The molecule has 0 N–H and O–H groups in total. The van der Waals surface area contributed by atoms with Crippen LogP contribution in [0.2, 0.25) is 0 Å². The molecule has 4 rings (SSSR count). The van der Waals surface area contributed by atoms with Crippen molar-refractivity contribution in [2.24, 2.45) is 16.2 Å². The van der Waals surface area contributed by atoms with Crippen LogP contribution in [0.25, 0.3) is 0 Å². The second-order valence-corrected chi connectivity index (χ2v) is 9.70. The lowest BCUT2D eigenvalue weighted by Crippen LogP contribution is -2.69. The number of imide groups is 1. The number of benzene rings is 1. The van der Waals surface area contributed by atoms with Gasteiger partial charge in [-0.2, -0.15) is 0 Å². The average Bonchev–Trinajstić information content (AvgIpc) is 2.89. The van der Waals surface area contributed by atoms with Gasteiger partial charge in [0.05, 0.1) is 11.1 Å². The van der Waals surface area contributed by atoms with E-state index in [1.165, 1.54) is 4.90 Å². The summed E-state index contributed by atoms with van der Waals surface area (Å²) in [4.78, 5) is 45.0. The Bertz CT molecular complexity index is 849. The molecular formula is C24H32N2O3. The third kappa shape index (κ3) is 2.42. The van der Waals surface area contributed by atoms with Crippen LogP contribution >= 0.6 is 0 Å². The highest BCUT2D eigenvalue weighted by atomic mass is 16.2. The summed E-state index contributed by atoms with van der Waals surface area (Å²) in [7, 11) is 0. The first-order valence-corrected chi connectivity index (χ1v) is 11.0. The molecule has 0 unspecified atom stereocenters. The standard InChI is InChI=1S/C24H32N2O3/c1-5-17-11-9-10-16-25(17)20(28)24-15-14-23(4,22(24,2)3)19(27)26(21(24)29)18-12-7-6-8-13-18/h6-8,12-13,17H,5,9-11,14-16H2,1-4H3/t17-,23+,24+/m1/s1. The van der Waals surface area contributed by atoms with E-state index >= 15 is 0 Å². The maximum Gasteiger partial charge on any atom is 0.250 e. The molecular weight excluding hydrogens is 364 g/mol. The van der Waals surface area contributed by atoms with Crippen molar-refractivity contribution in [2.75, 3.05) is 11.4 Å². The maximum absolute atomic E-state index is 14.1. The molecule has 1 aromatic carbocycles. The van der Waals surface area contributed by atoms with E-state index in [0.717, 1.165) is 25.7 Å². The second-order valence-electron chi connectivity index (χ2n) is 9.70. The van der Waals surface area contributed by atoms with Crippen molar-refractivity contribution in [3.05, 3.63) is 30.3 Å². The van der Waals surface area contributed by atoms with Crippen molar-refractivity contribution in [1.29, 1.82) is 0 Å². The van der Waals surface area contributed by atoms with Crippen molar-refractivity contribution in [3.8, 4) is 0 Å². The summed E-state index contributed by atoms with van der Waals surface area (Å²) in [6, 6.07) is 9.26. The summed E-state index contributed by atoms with van der Waals surface area (Å²) in [6.07, 6.45) is 4.99. The van der Waals surface area contributed by atoms with E-state index in [1.54, 1.807) is 12.1 Å². The Morgan fingerprint density at radius 2 is 1.72 bits per heavy atom. The predicted molar refractivity (Wildman–Crippen MR) is 112 cm³/mol. The van der Waals surface area contributed by atoms with E-state index in [2.05, 4.69) is 6.92 Å². The predicted octanol–water partition coefficient (Wildman–Crippen LogP) is 4.16. The van der Waals surface area contributed by atoms with Crippen molar-refractivity contribution >= 4 is 23.4 Å². The number of fused-ring (bicyclic) bond motifs is 2. The van der Waals surface area contributed by atoms with E-state index < -0.39 is 16.2 Å². The lowest BCUT2D eigenvalue weighted by Gasteiger charge is -2.54. The lowest BCUT2D eigenvalue weighted by atomic mass is 9.54. The molecule has 0 spiro atoms. The fraction of sp³-hybridized carbons (Fsp3) is 0.625. The van der Waals surface area contributed by atoms with Crippen LogP contribution < -0.4 is 4.90 Å². The average molecular weight is 397 g/mol. The number of carbonyl (C=O) groups excluding carboxylic acids is 3. The summed E-state index contributed by atoms with van der Waals surface area (Å²) in [6.45, 7) is 8.68. The monoisotopic (exact) mass is 396 g/mol. The van der Waals surface area contributed by atoms with E-state index in [9.17, 15) is 14.4 Å². The molecule has 5 heteroatoms. The fourth-order valence-corrected chi connectivity index (χ4v) is 6.03. The Morgan fingerprint density at radius 1 is 1.03 bits per heavy atom. The molecule has 3 amide bonds. The van der Waals surface area contributed by atoms with Crippen molar-refractivity contribution in [1.82, 2.24) is 4.90 Å². The molecule has 3 atom stereocenters. The van der Waals surface area contributed by atoms with Gasteiger partial charge in [0.15, 0.2) is 0 Å². The molecule has 156 valence electrons. The van der Waals surface area contributed by atoms with Gasteiger partial charge in [-0.1, -0.05) is 45.9 Å². The first kappa shape index (κ1) is 20.1. The van der Waals surface area contributed by atoms with Gasteiger partial charge in [-0.05, 0) is 50.7 Å².